The second-order valence-corrected chi connectivity index (χ2v) is 10.4. The van der Waals surface area contributed by atoms with Crippen LogP contribution in [0.15, 0.2) is 0 Å². The third kappa shape index (κ3) is 35.8. The van der Waals surface area contributed by atoms with Crippen LogP contribution in [-0.2, 0) is 19.2 Å². The van der Waals surface area contributed by atoms with Crippen molar-refractivity contribution in [3.8, 4) is 0 Å². The Hall–Kier alpha value is -2.21. The monoisotopic (exact) mass is 599 g/mol. The number of imide groups is 1. The van der Waals surface area contributed by atoms with Gasteiger partial charge in [-0.25, -0.2) is 4.79 Å². The molecule has 2 amide bonds. The third-order valence-corrected chi connectivity index (χ3v) is 5.95. The van der Waals surface area contributed by atoms with Gasteiger partial charge < -0.3 is 21.3 Å². The topological polar surface area (TPSA) is 159 Å². The highest BCUT2D eigenvalue weighted by Gasteiger charge is 2.38. The summed E-state index contributed by atoms with van der Waals surface area (Å²) in [5.41, 5.74) is 5.72. The molecular weight excluding hydrogens is 543 g/mol. The number of halogens is 3. The Morgan fingerprint density at radius 2 is 1.12 bits per heavy atom. The van der Waals surface area contributed by atoms with E-state index in [0.717, 1.165) is 25.9 Å². The smallest absolute Gasteiger partial charge is 0.481 e. The van der Waals surface area contributed by atoms with Gasteiger partial charge in [0.25, 0.3) is 0 Å². The van der Waals surface area contributed by atoms with Crippen LogP contribution in [0, 0.1) is 5.92 Å². The number of nitrogens with two attached hydrogens (primary N) is 1. The van der Waals surface area contributed by atoms with E-state index < -0.39 is 24.2 Å². The molecule has 12 heteroatoms. The van der Waals surface area contributed by atoms with Crippen molar-refractivity contribution in [2.75, 3.05) is 13.1 Å². The average molecular weight is 600 g/mol. The van der Waals surface area contributed by atoms with Crippen molar-refractivity contribution in [3.63, 3.8) is 0 Å². The number of aliphatic carboxylic acids is 2. The van der Waals surface area contributed by atoms with Crippen LogP contribution in [0.1, 0.15) is 130 Å². The summed E-state index contributed by atoms with van der Waals surface area (Å²) in [6.07, 6.45) is 13.4. The molecular formula is C29H56F3N3O6. The van der Waals surface area contributed by atoms with E-state index in [2.05, 4.69) is 17.6 Å². The van der Waals surface area contributed by atoms with Crippen LogP contribution < -0.4 is 16.4 Å². The number of rotatable bonds is 21. The molecule has 0 saturated heterocycles. The molecule has 9 nitrogen and oxygen atoms in total. The molecule has 0 saturated carbocycles. The summed E-state index contributed by atoms with van der Waals surface area (Å²) < 4.78 is 31.7. The zero-order chi connectivity index (χ0) is 32.1. The van der Waals surface area contributed by atoms with Gasteiger partial charge in [-0.05, 0) is 38.3 Å². The Morgan fingerprint density at radius 1 is 0.707 bits per heavy atom. The van der Waals surface area contributed by atoms with Gasteiger partial charge in [-0.15, -0.1) is 0 Å². The quantitative estimate of drug-likeness (QED) is 0.0977. The van der Waals surface area contributed by atoms with Gasteiger partial charge >= 0.3 is 18.1 Å². The van der Waals surface area contributed by atoms with Crippen LogP contribution >= 0.6 is 0 Å². The lowest BCUT2D eigenvalue weighted by Gasteiger charge is -2.14. The molecule has 0 radical (unpaired) electrons. The Bertz CT molecular complexity index is 677. The number of unbranched alkanes of at least 4 members (excludes halogenated alkanes) is 11. The van der Waals surface area contributed by atoms with Crippen molar-refractivity contribution in [3.05, 3.63) is 0 Å². The van der Waals surface area contributed by atoms with Gasteiger partial charge in [-0.3, -0.25) is 19.7 Å². The first-order valence-corrected chi connectivity index (χ1v) is 15.0. The second kappa shape index (κ2) is 29.3. The molecule has 0 aliphatic heterocycles. The summed E-state index contributed by atoms with van der Waals surface area (Å²) in [5.74, 6) is -4.03. The number of carboxylic acid groups (broad SMARTS) is 2. The van der Waals surface area contributed by atoms with Crippen LogP contribution in [-0.4, -0.2) is 59.3 Å². The fraction of sp³-hybridized carbons (Fsp3) is 0.862. The number of amides is 2. The van der Waals surface area contributed by atoms with E-state index in [1.165, 1.54) is 77.0 Å². The maximum absolute atomic E-state index is 11.7. The number of alkyl halides is 3. The van der Waals surface area contributed by atoms with E-state index >= 15 is 0 Å². The maximum Gasteiger partial charge on any atom is 0.490 e. The fourth-order valence-electron chi connectivity index (χ4n) is 3.39. The van der Waals surface area contributed by atoms with Crippen LogP contribution in [0.2, 0.25) is 0 Å². The lowest BCUT2D eigenvalue weighted by Crippen LogP contribution is -2.46. The number of carboxylic acids is 2. The van der Waals surface area contributed by atoms with Crippen LogP contribution in [0.25, 0.3) is 0 Å². The number of nitrogens with one attached hydrogen (secondary N) is 2. The van der Waals surface area contributed by atoms with E-state index in [9.17, 15) is 27.6 Å². The van der Waals surface area contributed by atoms with Gasteiger partial charge in [0, 0.05) is 12.8 Å². The van der Waals surface area contributed by atoms with Crippen molar-refractivity contribution in [1.82, 2.24) is 10.6 Å². The molecule has 0 rings (SSSR count). The predicted molar refractivity (Wildman–Crippen MR) is 155 cm³/mol. The molecule has 0 bridgehead atoms. The average Bonchev–Trinajstić information content (AvgIpc) is 2.88. The number of hydrogen-bond acceptors (Lipinski definition) is 6. The van der Waals surface area contributed by atoms with Gasteiger partial charge in [0.2, 0.25) is 11.8 Å². The Balaban J connectivity index is -0.000000911. The van der Waals surface area contributed by atoms with E-state index in [0.29, 0.717) is 12.8 Å². The van der Waals surface area contributed by atoms with Crippen LogP contribution in [0.4, 0.5) is 13.2 Å². The zero-order valence-electron chi connectivity index (χ0n) is 25.6. The summed E-state index contributed by atoms with van der Waals surface area (Å²) in [6, 6.07) is -0.618. The summed E-state index contributed by atoms with van der Waals surface area (Å²) >= 11 is 0. The highest BCUT2D eigenvalue weighted by atomic mass is 19.4. The van der Waals surface area contributed by atoms with Crippen LogP contribution in [0.3, 0.4) is 0 Å². The molecule has 0 spiro atoms. The summed E-state index contributed by atoms with van der Waals surface area (Å²) in [7, 11) is 0. The largest absolute Gasteiger partial charge is 0.490 e. The molecule has 0 aliphatic rings. The molecule has 41 heavy (non-hydrogen) atoms. The SMILES string of the molecule is CCCC(=O)O.CCCCCCCCCCCCCCNCCCC(=O)NC(=O)C(N)C(C)C.O=C(O)C(F)(F)F. The Morgan fingerprint density at radius 3 is 1.46 bits per heavy atom. The van der Waals surface area contributed by atoms with Crippen molar-refractivity contribution >= 4 is 23.8 Å². The summed E-state index contributed by atoms with van der Waals surface area (Å²) in [5, 5.41) is 20.8. The lowest BCUT2D eigenvalue weighted by molar-refractivity contribution is -0.192. The lowest BCUT2D eigenvalue weighted by atomic mass is 10.1. The van der Waals surface area contributed by atoms with Gasteiger partial charge in [-0.2, -0.15) is 13.2 Å². The minimum absolute atomic E-state index is 0.0324. The number of hydrogen-bond donors (Lipinski definition) is 5. The molecule has 244 valence electrons. The standard InChI is InChI=1S/C23H47N3O2.C4H8O2.C2HF3O2/c1-4-5-6-7-8-9-10-11-12-13-14-15-18-25-19-16-17-21(27)26-23(28)22(24)20(2)3;1-2-3-4(5)6;3-2(4,5)1(6)7/h20,22,25H,4-19,24H2,1-3H3,(H,26,27,28);2-3H2,1H3,(H,5,6);(H,6,7). The molecule has 6 N–H and O–H groups in total. The minimum atomic E-state index is -5.08. The zero-order valence-corrected chi connectivity index (χ0v) is 25.6. The molecule has 0 aromatic carbocycles. The maximum atomic E-state index is 11.7. The van der Waals surface area contributed by atoms with E-state index in [1.54, 1.807) is 0 Å². The van der Waals surface area contributed by atoms with Crippen molar-refractivity contribution in [2.45, 2.75) is 143 Å². The first-order valence-electron chi connectivity index (χ1n) is 15.0. The summed E-state index contributed by atoms with van der Waals surface area (Å²) in [6.45, 7) is 9.67. The third-order valence-electron chi connectivity index (χ3n) is 5.95. The van der Waals surface area contributed by atoms with E-state index in [-0.39, 0.29) is 17.7 Å². The Labute approximate surface area is 244 Å². The van der Waals surface area contributed by atoms with Crippen molar-refractivity contribution in [1.29, 1.82) is 0 Å². The Kier molecular flexibility index (Phi) is 30.9. The fourth-order valence-corrected chi connectivity index (χ4v) is 3.39. The number of carbonyl (C=O) groups is 4. The summed E-state index contributed by atoms with van der Waals surface area (Å²) in [4.78, 5) is 41.9. The van der Waals surface area contributed by atoms with Crippen molar-refractivity contribution in [2.24, 2.45) is 11.7 Å². The van der Waals surface area contributed by atoms with Gasteiger partial charge in [0.05, 0.1) is 6.04 Å². The van der Waals surface area contributed by atoms with E-state index in [4.69, 9.17) is 20.7 Å². The van der Waals surface area contributed by atoms with E-state index in [1.807, 2.05) is 20.8 Å². The second-order valence-electron chi connectivity index (χ2n) is 10.4. The van der Waals surface area contributed by atoms with Gasteiger partial charge in [-0.1, -0.05) is 98.3 Å². The first kappa shape index (κ1) is 43.2. The van der Waals surface area contributed by atoms with Crippen molar-refractivity contribution < 1.29 is 42.6 Å². The first-order chi connectivity index (χ1) is 19.2. The predicted octanol–water partition coefficient (Wildman–Crippen LogP) is 6.19. The molecule has 1 atom stereocenters. The molecule has 0 aromatic rings. The molecule has 0 heterocycles. The normalized spacial score (nSPS) is 11.5. The highest BCUT2D eigenvalue weighted by molar-refractivity contribution is 5.97. The molecule has 1 unspecified atom stereocenters. The van der Waals surface area contributed by atoms with Crippen LogP contribution in [0.5, 0.6) is 0 Å². The molecule has 0 aromatic heterocycles. The number of carbonyl (C=O) groups excluding carboxylic acids is 2. The van der Waals surface area contributed by atoms with Gasteiger partial charge in [0.1, 0.15) is 0 Å². The minimum Gasteiger partial charge on any atom is -0.481 e. The molecule has 0 aliphatic carbocycles. The highest BCUT2D eigenvalue weighted by Crippen LogP contribution is 2.13. The molecule has 0 fully saturated rings. The van der Waals surface area contributed by atoms with Gasteiger partial charge in [0.15, 0.2) is 0 Å².